The number of hydrogen-bond acceptors (Lipinski definition) is 5. The van der Waals surface area contributed by atoms with E-state index in [1.165, 1.54) is 7.11 Å². The number of nitrogens with one attached hydrogen (secondary N) is 3. The molecule has 0 unspecified atom stereocenters. The second kappa shape index (κ2) is 12.5. The minimum Gasteiger partial charge on any atom is -0.496 e. The molecule has 0 saturated carbocycles. The zero-order valence-corrected chi connectivity index (χ0v) is 18.7. The van der Waals surface area contributed by atoms with Crippen molar-refractivity contribution < 1.29 is 14.3 Å². The number of carbonyl (C=O) groups is 2. The second-order valence-corrected chi connectivity index (χ2v) is 8.04. The standard InChI is InChI=1S/C21H34ClN5O3/c1-3-7-24-21(29)25-8-4-5-9-27-10-6-15(14-27)13-26-20(28)16-11-17(22)18(23)12-19(16)30-2/h11-12,15H,3-10,13-14,23H2,1-2H3,(H,26,28)(H2,24,25,29)/t15-/m0/s1. The van der Waals surface area contributed by atoms with Gasteiger partial charge in [-0.3, -0.25) is 4.79 Å². The van der Waals surface area contributed by atoms with Crippen molar-refractivity contribution in [2.75, 3.05) is 52.1 Å². The summed E-state index contributed by atoms with van der Waals surface area (Å²) in [5, 5.41) is 9.00. The number of halogens is 1. The summed E-state index contributed by atoms with van der Waals surface area (Å²) in [6, 6.07) is 3.02. The topological polar surface area (TPSA) is 109 Å². The number of rotatable bonds is 11. The number of urea groups is 1. The average Bonchev–Trinajstić information content (AvgIpc) is 3.19. The summed E-state index contributed by atoms with van der Waals surface area (Å²) in [4.78, 5) is 26.4. The lowest BCUT2D eigenvalue weighted by Gasteiger charge is -2.17. The number of ether oxygens (including phenoxy) is 1. The molecule has 1 atom stereocenters. The van der Waals surface area contributed by atoms with E-state index in [0.717, 1.165) is 45.3 Å². The summed E-state index contributed by atoms with van der Waals surface area (Å²) in [5.41, 5.74) is 6.55. The summed E-state index contributed by atoms with van der Waals surface area (Å²) in [5.74, 6) is 0.626. The van der Waals surface area contributed by atoms with Crippen LogP contribution in [-0.2, 0) is 0 Å². The summed E-state index contributed by atoms with van der Waals surface area (Å²) < 4.78 is 5.25. The largest absolute Gasteiger partial charge is 0.496 e. The van der Waals surface area contributed by atoms with Crippen molar-refractivity contribution in [2.24, 2.45) is 5.92 Å². The Hall–Kier alpha value is -2.19. The first-order valence-corrected chi connectivity index (χ1v) is 11.0. The lowest BCUT2D eigenvalue weighted by molar-refractivity contribution is 0.0944. The minimum absolute atomic E-state index is 0.0900. The Balaban J connectivity index is 1.65. The van der Waals surface area contributed by atoms with Crippen LogP contribution in [0, 0.1) is 5.92 Å². The third-order valence-corrected chi connectivity index (χ3v) is 5.53. The minimum atomic E-state index is -0.209. The number of nitrogens with two attached hydrogens (primary N) is 1. The highest BCUT2D eigenvalue weighted by atomic mass is 35.5. The first-order valence-electron chi connectivity index (χ1n) is 10.6. The molecule has 1 fully saturated rings. The van der Waals surface area contributed by atoms with Crippen LogP contribution in [0.25, 0.3) is 0 Å². The molecular formula is C21H34ClN5O3. The van der Waals surface area contributed by atoms with Crippen molar-refractivity contribution in [3.63, 3.8) is 0 Å². The number of hydrogen-bond donors (Lipinski definition) is 4. The van der Waals surface area contributed by atoms with E-state index >= 15 is 0 Å². The van der Waals surface area contributed by atoms with Gasteiger partial charge in [0.05, 0.1) is 23.4 Å². The maximum atomic E-state index is 12.5. The van der Waals surface area contributed by atoms with Crippen LogP contribution in [0.1, 0.15) is 43.0 Å². The molecule has 1 saturated heterocycles. The molecule has 0 aliphatic carbocycles. The smallest absolute Gasteiger partial charge is 0.314 e. The van der Waals surface area contributed by atoms with Gasteiger partial charge in [-0.05, 0) is 50.8 Å². The van der Waals surface area contributed by atoms with E-state index in [9.17, 15) is 9.59 Å². The number of unbranched alkanes of at least 4 members (excludes halogenated alkanes) is 1. The SMILES string of the molecule is CCCNC(=O)NCCCCN1CC[C@@H](CNC(=O)c2cc(Cl)c(N)cc2OC)C1. The van der Waals surface area contributed by atoms with Crippen LogP contribution < -0.4 is 26.4 Å². The highest BCUT2D eigenvalue weighted by molar-refractivity contribution is 6.33. The number of benzene rings is 1. The molecule has 1 aromatic carbocycles. The second-order valence-electron chi connectivity index (χ2n) is 7.63. The predicted molar refractivity (Wildman–Crippen MR) is 120 cm³/mol. The molecule has 9 heteroatoms. The lowest BCUT2D eigenvalue weighted by Crippen LogP contribution is -2.36. The lowest BCUT2D eigenvalue weighted by atomic mass is 10.1. The predicted octanol–water partition coefficient (Wildman–Crippen LogP) is 2.47. The fourth-order valence-electron chi connectivity index (χ4n) is 3.49. The molecule has 1 aliphatic heterocycles. The van der Waals surface area contributed by atoms with Gasteiger partial charge in [0.1, 0.15) is 5.75 Å². The van der Waals surface area contributed by atoms with Crippen molar-refractivity contribution in [1.29, 1.82) is 0 Å². The Morgan fingerprint density at radius 2 is 2.00 bits per heavy atom. The molecule has 0 spiro atoms. The molecule has 2 rings (SSSR count). The monoisotopic (exact) mass is 439 g/mol. The number of nitrogen functional groups attached to an aromatic ring is 1. The average molecular weight is 440 g/mol. The van der Waals surface area contributed by atoms with E-state index in [0.29, 0.717) is 47.6 Å². The van der Waals surface area contributed by atoms with Crippen molar-refractivity contribution in [2.45, 2.75) is 32.6 Å². The van der Waals surface area contributed by atoms with Crippen LogP contribution >= 0.6 is 11.6 Å². The van der Waals surface area contributed by atoms with Gasteiger partial charge in [0.15, 0.2) is 0 Å². The van der Waals surface area contributed by atoms with Gasteiger partial charge in [-0.25, -0.2) is 4.79 Å². The number of likely N-dealkylation sites (tertiary alicyclic amines) is 1. The van der Waals surface area contributed by atoms with Gasteiger partial charge in [0, 0.05) is 32.2 Å². The van der Waals surface area contributed by atoms with Crippen LogP contribution in [-0.4, -0.2) is 63.2 Å². The van der Waals surface area contributed by atoms with Gasteiger partial charge in [0.25, 0.3) is 5.91 Å². The zero-order valence-electron chi connectivity index (χ0n) is 17.9. The molecule has 0 bridgehead atoms. The highest BCUT2D eigenvalue weighted by Crippen LogP contribution is 2.28. The van der Waals surface area contributed by atoms with E-state index in [4.69, 9.17) is 22.1 Å². The van der Waals surface area contributed by atoms with Crippen molar-refractivity contribution in [1.82, 2.24) is 20.9 Å². The number of amides is 3. The van der Waals surface area contributed by atoms with Crippen LogP contribution in [0.15, 0.2) is 12.1 Å². The van der Waals surface area contributed by atoms with E-state index in [1.807, 2.05) is 6.92 Å². The Kier molecular flexibility index (Phi) is 10.0. The first kappa shape index (κ1) is 24.1. The quantitative estimate of drug-likeness (QED) is 0.313. The molecule has 1 aromatic rings. The van der Waals surface area contributed by atoms with Crippen molar-refractivity contribution in [3.8, 4) is 5.75 Å². The Bertz CT molecular complexity index is 716. The number of methoxy groups -OCH3 is 1. The summed E-state index contributed by atoms with van der Waals surface area (Å²) >= 11 is 6.05. The first-order chi connectivity index (χ1) is 14.4. The van der Waals surface area contributed by atoms with Crippen LogP contribution in [0.2, 0.25) is 5.02 Å². The fourth-order valence-corrected chi connectivity index (χ4v) is 3.66. The number of anilines is 1. The summed E-state index contributed by atoms with van der Waals surface area (Å²) in [7, 11) is 1.50. The van der Waals surface area contributed by atoms with Crippen LogP contribution in [0.3, 0.4) is 0 Å². The molecular weight excluding hydrogens is 406 g/mol. The molecule has 8 nitrogen and oxygen atoms in total. The summed E-state index contributed by atoms with van der Waals surface area (Å²) in [6.45, 7) is 7.03. The molecule has 1 heterocycles. The maximum Gasteiger partial charge on any atom is 0.314 e. The van der Waals surface area contributed by atoms with Gasteiger partial charge >= 0.3 is 6.03 Å². The summed E-state index contributed by atoms with van der Waals surface area (Å²) in [6.07, 6.45) is 3.98. The normalized spacial score (nSPS) is 16.3. The van der Waals surface area contributed by atoms with Crippen molar-refractivity contribution in [3.05, 3.63) is 22.7 Å². The Labute approximate surface area is 183 Å². The molecule has 1 aliphatic rings. The van der Waals surface area contributed by atoms with E-state index in [2.05, 4.69) is 20.9 Å². The van der Waals surface area contributed by atoms with Gasteiger partial charge in [0.2, 0.25) is 0 Å². The van der Waals surface area contributed by atoms with E-state index < -0.39 is 0 Å². The zero-order chi connectivity index (χ0) is 21.9. The van der Waals surface area contributed by atoms with Gasteiger partial charge in [-0.2, -0.15) is 0 Å². The Morgan fingerprint density at radius 1 is 1.23 bits per heavy atom. The van der Waals surface area contributed by atoms with Crippen molar-refractivity contribution >= 4 is 29.2 Å². The molecule has 168 valence electrons. The third kappa shape index (κ3) is 7.57. The molecule has 0 aromatic heterocycles. The highest BCUT2D eigenvalue weighted by Gasteiger charge is 2.23. The molecule has 3 amide bonds. The maximum absolute atomic E-state index is 12.5. The Morgan fingerprint density at radius 3 is 2.73 bits per heavy atom. The fraction of sp³-hybridized carbons (Fsp3) is 0.619. The molecule has 30 heavy (non-hydrogen) atoms. The van der Waals surface area contributed by atoms with Crippen LogP contribution in [0.5, 0.6) is 5.75 Å². The molecule has 5 N–H and O–H groups in total. The van der Waals surface area contributed by atoms with Gasteiger partial charge in [-0.15, -0.1) is 0 Å². The van der Waals surface area contributed by atoms with E-state index in [-0.39, 0.29) is 11.9 Å². The van der Waals surface area contributed by atoms with Crippen LogP contribution in [0.4, 0.5) is 10.5 Å². The third-order valence-electron chi connectivity index (χ3n) is 5.21. The van der Waals surface area contributed by atoms with E-state index in [1.54, 1.807) is 12.1 Å². The van der Waals surface area contributed by atoms with Gasteiger partial charge < -0.3 is 31.3 Å². The number of nitrogens with zero attached hydrogens (tertiary/aromatic N) is 1. The number of carbonyl (C=O) groups excluding carboxylic acids is 2. The molecule has 0 radical (unpaired) electrons. The van der Waals surface area contributed by atoms with Gasteiger partial charge in [-0.1, -0.05) is 18.5 Å².